The second-order valence-corrected chi connectivity index (χ2v) is 3.23. The highest BCUT2D eigenvalue weighted by Crippen LogP contribution is 2.23. The van der Waals surface area contributed by atoms with E-state index in [1.807, 2.05) is 0 Å². The van der Waals surface area contributed by atoms with Crippen LogP contribution in [-0.2, 0) is 0 Å². The molecule has 1 atom stereocenters. The molecule has 0 saturated carbocycles. The van der Waals surface area contributed by atoms with E-state index < -0.39 is 0 Å². The van der Waals surface area contributed by atoms with Crippen molar-refractivity contribution in [1.82, 2.24) is 0 Å². The Morgan fingerprint density at radius 2 is 1.67 bits per heavy atom. The molecule has 0 heteroatoms. The molecule has 0 aromatic rings. The summed E-state index contributed by atoms with van der Waals surface area (Å²) in [5, 5.41) is 0. The molecule has 0 amide bonds. The van der Waals surface area contributed by atoms with Crippen LogP contribution in [0, 0.1) is 17.8 Å². The van der Waals surface area contributed by atoms with Gasteiger partial charge in [-0.3, -0.25) is 0 Å². The highest BCUT2D eigenvalue weighted by molar-refractivity contribution is 4.89. The average Bonchev–Trinajstić information content (AvgIpc) is 1.84. The number of rotatable bonds is 3. The lowest BCUT2D eigenvalue weighted by Gasteiger charge is -2.34. The van der Waals surface area contributed by atoms with E-state index in [0.29, 0.717) is 0 Å². The molecule has 0 fully saturated rings. The molecule has 0 spiro atoms. The maximum atomic E-state index is 2.31. The molecule has 0 rings (SSSR count). The zero-order valence-electron chi connectivity index (χ0n) is 7.36. The van der Waals surface area contributed by atoms with Crippen LogP contribution in [0.2, 0.25) is 0 Å². The summed E-state index contributed by atoms with van der Waals surface area (Å²) in [5.74, 6) is 3.24. The summed E-state index contributed by atoms with van der Waals surface area (Å²) in [6.45, 7) is 11.4. The Morgan fingerprint density at radius 3 is 1.78 bits per heavy atom. The largest absolute Gasteiger partial charge is 0.314 e. The van der Waals surface area contributed by atoms with Gasteiger partial charge in [0, 0.05) is 0 Å². The summed E-state index contributed by atoms with van der Waals surface area (Å²) in [4.78, 5) is 0. The minimum atomic E-state index is 0.801. The van der Waals surface area contributed by atoms with Gasteiger partial charge in [0.25, 0.3) is 0 Å². The van der Waals surface area contributed by atoms with Crippen molar-refractivity contribution in [2.24, 2.45) is 11.8 Å². The van der Waals surface area contributed by atoms with Gasteiger partial charge < -0.3 is 5.92 Å². The molecule has 9 heavy (non-hydrogen) atoms. The summed E-state index contributed by atoms with van der Waals surface area (Å²) < 4.78 is 0. The molecule has 0 aromatic carbocycles. The second kappa shape index (κ2) is 3.92. The molecule has 0 aliphatic carbocycles. The third-order valence-electron chi connectivity index (χ3n) is 2.33. The molecule has 0 saturated heterocycles. The Balaban J connectivity index is 3.58. The normalized spacial score (nSPS) is 15.0. The molecule has 56 valence electrons. The van der Waals surface area contributed by atoms with Crippen molar-refractivity contribution in [2.45, 2.75) is 41.0 Å². The highest BCUT2D eigenvalue weighted by Gasteiger charge is 2.01. The van der Waals surface area contributed by atoms with Crippen molar-refractivity contribution in [3.05, 3.63) is 5.92 Å². The zero-order valence-corrected chi connectivity index (χ0v) is 7.36. The molecular formula is C9H19-. The highest BCUT2D eigenvalue weighted by atomic mass is 14.2. The van der Waals surface area contributed by atoms with Crippen LogP contribution in [0.5, 0.6) is 0 Å². The van der Waals surface area contributed by atoms with E-state index in [1.54, 1.807) is 5.92 Å². The van der Waals surface area contributed by atoms with Gasteiger partial charge in [-0.15, -0.1) is 0 Å². The van der Waals surface area contributed by atoms with Crippen LogP contribution >= 0.6 is 0 Å². The minimum Gasteiger partial charge on any atom is -0.314 e. The van der Waals surface area contributed by atoms with E-state index in [0.717, 1.165) is 11.8 Å². The van der Waals surface area contributed by atoms with Crippen LogP contribution < -0.4 is 0 Å². The first-order chi connectivity index (χ1) is 4.09. The third-order valence-corrected chi connectivity index (χ3v) is 2.33. The molecule has 0 radical (unpaired) electrons. The van der Waals surface area contributed by atoms with Gasteiger partial charge in [0.15, 0.2) is 0 Å². The zero-order chi connectivity index (χ0) is 7.44. The molecule has 0 heterocycles. The lowest BCUT2D eigenvalue weighted by atomic mass is 9.85. The molecule has 1 unspecified atom stereocenters. The predicted molar refractivity (Wildman–Crippen MR) is 43.2 cm³/mol. The van der Waals surface area contributed by atoms with Crippen molar-refractivity contribution >= 4 is 0 Å². The van der Waals surface area contributed by atoms with Crippen LogP contribution in [0.4, 0.5) is 0 Å². The summed E-state index contributed by atoms with van der Waals surface area (Å²) in [6, 6.07) is 0. The maximum Gasteiger partial charge on any atom is -0.0650 e. The van der Waals surface area contributed by atoms with Crippen LogP contribution in [0.25, 0.3) is 0 Å². The lowest BCUT2D eigenvalue weighted by Crippen LogP contribution is -2.11. The molecule has 0 aliphatic heterocycles. The van der Waals surface area contributed by atoms with E-state index in [9.17, 15) is 0 Å². The Hall–Kier alpha value is 0. The Morgan fingerprint density at radius 1 is 1.22 bits per heavy atom. The van der Waals surface area contributed by atoms with Crippen molar-refractivity contribution in [3.63, 3.8) is 0 Å². The SMILES string of the molecule is CC[C-](C)C(C)C(C)C. The monoisotopic (exact) mass is 127 g/mol. The van der Waals surface area contributed by atoms with Crippen molar-refractivity contribution in [2.75, 3.05) is 0 Å². The van der Waals surface area contributed by atoms with Crippen molar-refractivity contribution < 1.29 is 0 Å². The summed E-state index contributed by atoms with van der Waals surface area (Å²) in [6.07, 6.45) is 1.24. The van der Waals surface area contributed by atoms with E-state index in [4.69, 9.17) is 0 Å². The van der Waals surface area contributed by atoms with E-state index in [2.05, 4.69) is 34.6 Å². The van der Waals surface area contributed by atoms with Gasteiger partial charge in [0.2, 0.25) is 0 Å². The molecule has 0 nitrogen and oxygen atoms in total. The van der Waals surface area contributed by atoms with Gasteiger partial charge in [-0.05, 0) is 0 Å². The predicted octanol–water partition coefficient (Wildman–Crippen LogP) is 3.28. The Kier molecular flexibility index (Phi) is 3.92. The fraction of sp³-hybridized carbons (Fsp3) is 0.889. The van der Waals surface area contributed by atoms with Gasteiger partial charge in [-0.1, -0.05) is 33.6 Å². The molecular weight excluding hydrogens is 108 g/mol. The fourth-order valence-electron chi connectivity index (χ4n) is 0.891. The van der Waals surface area contributed by atoms with Crippen LogP contribution in [0.15, 0.2) is 0 Å². The molecule has 0 N–H and O–H groups in total. The van der Waals surface area contributed by atoms with Gasteiger partial charge >= 0.3 is 0 Å². The topological polar surface area (TPSA) is 0 Å². The third kappa shape index (κ3) is 2.88. The van der Waals surface area contributed by atoms with Gasteiger partial charge in [0.05, 0.1) is 0 Å². The lowest BCUT2D eigenvalue weighted by molar-refractivity contribution is 0.422. The summed E-state index contributed by atoms with van der Waals surface area (Å²) >= 11 is 0. The number of hydrogen-bond donors (Lipinski definition) is 0. The Labute approximate surface area is 59.7 Å². The second-order valence-electron chi connectivity index (χ2n) is 3.23. The Bertz CT molecular complexity index is 64.4. The van der Waals surface area contributed by atoms with Crippen LogP contribution in [0.3, 0.4) is 0 Å². The standard InChI is InChI=1S/C9H19/c1-6-8(4)9(5)7(2)3/h7,9H,6H2,1-5H3/q-1. The molecule has 0 aromatic heterocycles. The summed E-state index contributed by atoms with van der Waals surface area (Å²) in [7, 11) is 0. The van der Waals surface area contributed by atoms with Gasteiger partial charge in [-0.25, -0.2) is 0 Å². The first-order valence-electron chi connectivity index (χ1n) is 3.91. The quantitative estimate of drug-likeness (QED) is 0.510. The molecule has 0 bridgehead atoms. The first kappa shape index (κ1) is 9.00. The first-order valence-corrected chi connectivity index (χ1v) is 3.91. The summed E-state index contributed by atoms with van der Waals surface area (Å²) in [5.41, 5.74) is 0. The maximum absolute atomic E-state index is 2.31. The molecule has 0 aliphatic rings. The minimum absolute atomic E-state index is 0.801. The van der Waals surface area contributed by atoms with Gasteiger partial charge in [-0.2, -0.15) is 19.3 Å². The van der Waals surface area contributed by atoms with E-state index in [1.165, 1.54) is 6.42 Å². The number of hydrogen-bond acceptors (Lipinski definition) is 0. The van der Waals surface area contributed by atoms with E-state index >= 15 is 0 Å². The fourth-order valence-corrected chi connectivity index (χ4v) is 0.891. The van der Waals surface area contributed by atoms with Crippen molar-refractivity contribution in [3.8, 4) is 0 Å². The smallest absolute Gasteiger partial charge is 0.0650 e. The van der Waals surface area contributed by atoms with Crippen LogP contribution in [0.1, 0.15) is 41.0 Å². The van der Waals surface area contributed by atoms with E-state index in [-0.39, 0.29) is 0 Å². The van der Waals surface area contributed by atoms with Crippen LogP contribution in [-0.4, -0.2) is 0 Å². The van der Waals surface area contributed by atoms with Gasteiger partial charge in [0.1, 0.15) is 0 Å². The average molecular weight is 127 g/mol. The van der Waals surface area contributed by atoms with Crippen molar-refractivity contribution in [1.29, 1.82) is 0 Å².